The summed E-state index contributed by atoms with van der Waals surface area (Å²) < 4.78 is 5.21. The number of rotatable bonds is 4. The Kier molecular flexibility index (Phi) is 3.97. The number of carbonyl (C=O) groups excluding carboxylic acids is 1. The maximum absolute atomic E-state index is 12.0. The molecular formula is C17H15NO2S. The zero-order valence-electron chi connectivity index (χ0n) is 11.6. The van der Waals surface area contributed by atoms with Crippen LogP contribution >= 0.6 is 11.8 Å². The molecule has 1 N–H and O–H groups in total. The number of carbonyl (C=O) groups is 1. The van der Waals surface area contributed by atoms with Gasteiger partial charge in [0.25, 0.3) is 5.91 Å². The monoisotopic (exact) mass is 297 g/mol. The highest BCUT2D eigenvalue weighted by atomic mass is 32.2. The van der Waals surface area contributed by atoms with Gasteiger partial charge in [0.2, 0.25) is 0 Å². The topological polar surface area (TPSA) is 38.3 Å². The Labute approximate surface area is 128 Å². The first-order valence-electron chi connectivity index (χ1n) is 6.63. The Balaban J connectivity index is 1.73. The lowest BCUT2D eigenvalue weighted by atomic mass is 10.1. The van der Waals surface area contributed by atoms with Gasteiger partial charge in [0.05, 0.1) is 12.7 Å². The molecule has 1 aliphatic heterocycles. The highest BCUT2D eigenvalue weighted by Crippen LogP contribution is 2.33. The molecule has 2 aromatic rings. The molecule has 4 heteroatoms. The van der Waals surface area contributed by atoms with E-state index in [-0.39, 0.29) is 5.91 Å². The second-order valence-electron chi connectivity index (χ2n) is 4.69. The molecule has 2 aromatic carbocycles. The summed E-state index contributed by atoms with van der Waals surface area (Å²) >= 11 is 1.61. The van der Waals surface area contributed by atoms with Crippen molar-refractivity contribution < 1.29 is 9.53 Å². The fourth-order valence-corrected chi connectivity index (χ4v) is 3.10. The van der Waals surface area contributed by atoms with Gasteiger partial charge in [-0.3, -0.25) is 4.79 Å². The molecule has 0 radical (unpaired) electrons. The average molecular weight is 297 g/mol. The Bertz CT molecular complexity index is 709. The van der Waals surface area contributed by atoms with Gasteiger partial charge in [0, 0.05) is 17.0 Å². The zero-order chi connectivity index (χ0) is 14.7. The number of para-hydroxylation sites is 1. The lowest BCUT2D eigenvalue weighted by molar-refractivity contribution is -0.110. The smallest absolute Gasteiger partial charge is 0.256 e. The van der Waals surface area contributed by atoms with Gasteiger partial charge in [0.1, 0.15) is 5.75 Å². The summed E-state index contributed by atoms with van der Waals surface area (Å²) in [6.45, 7) is 0. The SMILES string of the molecule is COc1cccc(CSC=C2C(=O)Nc3ccccc32)c1. The highest BCUT2D eigenvalue weighted by Gasteiger charge is 2.22. The van der Waals surface area contributed by atoms with E-state index < -0.39 is 0 Å². The van der Waals surface area contributed by atoms with Gasteiger partial charge < -0.3 is 10.1 Å². The number of hydrogen-bond acceptors (Lipinski definition) is 3. The summed E-state index contributed by atoms with van der Waals surface area (Å²) in [5, 5.41) is 4.81. The number of amides is 1. The van der Waals surface area contributed by atoms with Crippen molar-refractivity contribution in [3.63, 3.8) is 0 Å². The van der Waals surface area contributed by atoms with Gasteiger partial charge in [-0.15, -0.1) is 11.8 Å². The van der Waals surface area contributed by atoms with Crippen molar-refractivity contribution in [2.75, 3.05) is 12.4 Å². The molecule has 1 aliphatic rings. The van der Waals surface area contributed by atoms with Crippen LogP contribution in [0.4, 0.5) is 5.69 Å². The molecule has 0 aromatic heterocycles. The highest BCUT2D eigenvalue weighted by molar-refractivity contribution is 8.01. The number of methoxy groups -OCH3 is 1. The lowest BCUT2D eigenvalue weighted by Crippen LogP contribution is -2.03. The van der Waals surface area contributed by atoms with Gasteiger partial charge >= 0.3 is 0 Å². The van der Waals surface area contributed by atoms with Crippen molar-refractivity contribution in [2.24, 2.45) is 0 Å². The molecule has 0 saturated carbocycles. The predicted molar refractivity (Wildman–Crippen MR) is 87.3 cm³/mol. The second kappa shape index (κ2) is 6.06. The van der Waals surface area contributed by atoms with E-state index in [1.165, 1.54) is 5.56 Å². The van der Waals surface area contributed by atoms with Crippen molar-refractivity contribution in [1.29, 1.82) is 0 Å². The Hall–Kier alpha value is -2.20. The van der Waals surface area contributed by atoms with Crippen LogP contribution in [0.3, 0.4) is 0 Å². The van der Waals surface area contributed by atoms with Crippen molar-refractivity contribution >= 4 is 28.9 Å². The number of nitrogens with one attached hydrogen (secondary N) is 1. The van der Waals surface area contributed by atoms with Crippen molar-refractivity contribution in [2.45, 2.75) is 5.75 Å². The maximum Gasteiger partial charge on any atom is 0.256 e. The summed E-state index contributed by atoms with van der Waals surface area (Å²) in [6, 6.07) is 15.7. The summed E-state index contributed by atoms with van der Waals surface area (Å²) in [6.07, 6.45) is 0. The Morgan fingerprint density at radius 1 is 1.19 bits per heavy atom. The third-order valence-corrected chi connectivity index (χ3v) is 4.20. The van der Waals surface area contributed by atoms with Crippen LogP contribution in [0, 0.1) is 0 Å². The van der Waals surface area contributed by atoms with E-state index in [0.717, 1.165) is 28.3 Å². The standard InChI is InChI=1S/C17H15NO2S/c1-20-13-6-4-5-12(9-13)10-21-11-15-14-7-2-3-8-16(14)18-17(15)19/h2-9,11H,10H2,1H3,(H,18,19). The summed E-state index contributed by atoms with van der Waals surface area (Å²) in [5.41, 5.74) is 3.76. The minimum atomic E-state index is -0.0330. The predicted octanol–water partition coefficient (Wildman–Crippen LogP) is 3.92. The first-order valence-corrected chi connectivity index (χ1v) is 7.68. The van der Waals surface area contributed by atoms with Crippen LogP contribution in [0.15, 0.2) is 53.9 Å². The third kappa shape index (κ3) is 2.95. The molecule has 0 aliphatic carbocycles. The van der Waals surface area contributed by atoms with Crippen LogP contribution in [-0.2, 0) is 10.5 Å². The number of hydrogen-bond donors (Lipinski definition) is 1. The number of fused-ring (bicyclic) bond motifs is 1. The van der Waals surface area contributed by atoms with Crippen LogP contribution in [0.5, 0.6) is 5.75 Å². The van der Waals surface area contributed by atoms with Crippen molar-refractivity contribution in [3.8, 4) is 5.75 Å². The van der Waals surface area contributed by atoms with Gasteiger partial charge in [-0.25, -0.2) is 0 Å². The number of anilines is 1. The largest absolute Gasteiger partial charge is 0.497 e. The van der Waals surface area contributed by atoms with Gasteiger partial charge in [-0.2, -0.15) is 0 Å². The van der Waals surface area contributed by atoms with E-state index in [2.05, 4.69) is 11.4 Å². The molecule has 1 heterocycles. The van der Waals surface area contributed by atoms with E-state index in [0.29, 0.717) is 0 Å². The zero-order valence-corrected chi connectivity index (χ0v) is 12.4. The minimum Gasteiger partial charge on any atom is -0.497 e. The Morgan fingerprint density at radius 2 is 2.05 bits per heavy atom. The molecule has 3 nitrogen and oxygen atoms in total. The molecule has 0 bridgehead atoms. The molecule has 106 valence electrons. The third-order valence-electron chi connectivity index (χ3n) is 3.30. The van der Waals surface area contributed by atoms with Crippen LogP contribution < -0.4 is 10.1 Å². The number of ether oxygens (including phenoxy) is 1. The van der Waals surface area contributed by atoms with Crippen LogP contribution in [-0.4, -0.2) is 13.0 Å². The minimum absolute atomic E-state index is 0.0330. The lowest BCUT2D eigenvalue weighted by Gasteiger charge is -2.03. The van der Waals surface area contributed by atoms with E-state index >= 15 is 0 Å². The normalized spacial score (nSPS) is 14.9. The molecule has 0 atom stereocenters. The summed E-state index contributed by atoms with van der Waals surface area (Å²) in [5.74, 6) is 1.62. The second-order valence-corrected chi connectivity index (χ2v) is 5.55. The fourth-order valence-electron chi connectivity index (χ4n) is 2.24. The van der Waals surface area contributed by atoms with E-state index in [1.807, 2.05) is 47.9 Å². The molecule has 0 spiro atoms. The fraction of sp³-hybridized carbons (Fsp3) is 0.118. The van der Waals surface area contributed by atoms with E-state index in [4.69, 9.17) is 4.74 Å². The van der Waals surface area contributed by atoms with Gasteiger partial charge in [-0.05, 0) is 29.2 Å². The molecule has 0 unspecified atom stereocenters. The molecule has 21 heavy (non-hydrogen) atoms. The molecular weight excluding hydrogens is 282 g/mol. The molecule has 0 fully saturated rings. The molecule has 3 rings (SSSR count). The van der Waals surface area contributed by atoms with Gasteiger partial charge in [-0.1, -0.05) is 30.3 Å². The van der Waals surface area contributed by atoms with Crippen molar-refractivity contribution in [3.05, 3.63) is 65.1 Å². The Morgan fingerprint density at radius 3 is 2.90 bits per heavy atom. The number of thioether (sulfide) groups is 1. The van der Waals surface area contributed by atoms with Crippen LogP contribution in [0.2, 0.25) is 0 Å². The van der Waals surface area contributed by atoms with Gasteiger partial charge in [0.15, 0.2) is 0 Å². The van der Waals surface area contributed by atoms with E-state index in [1.54, 1.807) is 18.9 Å². The first kappa shape index (κ1) is 13.8. The summed E-state index contributed by atoms with van der Waals surface area (Å²) in [7, 11) is 1.66. The van der Waals surface area contributed by atoms with Crippen LogP contribution in [0.1, 0.15) is 11.1 Å². The molecule has 1 amide bonds. The quantitative estimate of drug-likeness (QED) is 0.869. The number of benzene rings is 2. The maximum atomic E-state index is 12.0. The van der Waals surface area contributed by atoms with Crippen LogP contribution in [0.25, 0.3) is 5.57 Å². The van der Waals surface area contributed by atoms with Crippen molar-refractivity contribution in [1.82, 2.24) is 0 Å². The molecule has 0 saturated heterocycles. The first-order chi connectivity index (χ1) is 10.3. The van der Waals surface area contributed by atoms with E-state index in [9.17, 15) is 4.79 Å². The summed E-state index contributed by atoms with van der Waals surface area (Å²) in [4.78, 5) is 12.0. The average Bonchev–Trinajstić information content (AvgIpc) is 2.83.